The van der Waals surface area contributed by atoms with Gasteiger partial charge in [-0.15, -0.1) is 11.3 Å². The number of aliphatic hydroxyl groups is 1. The molecule has 0 bridgehead atoms. The van der Waals surface area contributed by atoms with E-state index in [1.165, 1.54) is 17.4 Å². The van der Waals surface area contributed by atoms with Crippen molar-refractivity contribution in [1.29, 1.82) is 0 Å². The minimum absolute atomic E-state index is 0.278. The number of thiophene rings is 1. The maximum atomic E-state index is 13.2. The highest BCUT2D eigenvalue weighted by Crippen LogP contribution is 2.30. The van der Waals surface area contributed by atoms with Gasteiger partial charge in [0.2, 0.25) is 0 Å². The molecule has 0 aliphatic carbocycles. The van der Waals surface area contributed by atoms with Crippen LogP contribution in [-0.2, 0) is 6.61 Å². The molecule has 3 N–H and O–H groups in total. The Labute approximate surface area is 78.4 Å². The molecule has 0 amide bonds. The average Bonchev–Trinajstić information content (AvgIpc) is 2.47. The lowest BCUT2D eigenvalue weighted by atomic mass is 10.1. The van der Waals surface area contributed by atoms with Gasteiger partial charge in [-0.1, -0.05) is 0 Å². The predicted octanol–water partition coefficient (Wildman–Crippen LogP) is 2.11. The molecule has 0 aliphatic rings. The van der Waals surface area contributed by atoms with E-state index in [0.29, 0.717) is 11.3 Å². The van der Waals surface area contributed by atoms with Crippen LogP contribution in [0.2, 0.25) is 0 Å². The number of nitrogens with two attached hydrogens (primary N) is 1. The van der Waals surface area contributed by atoms with Gasteiger partial charge in [-0.25, -0.2) is 4.39 Å². The van der Waals surface area contributed by atoms with Crippen LogP contribution in [-0.4, -0.2) is 5.11 Å². The molecule has 0 spiro atoms. The molecule has 0 fully saturated rings. The second-order valence-corrected chi connectivity index (χ2v) is 3.70. The number of halogens is 1. The van der Waals surface area contributed by atoms with Crippen molar-refractivity contribution in [2.24, 2.45) is 0 Å². The van der Waals surface area contributed by atoms with Crippen molar-refractivity contribution in [2.75, 3.05) is 5.73 Å². The van der Waals surface area contributed by atoms with Crippen molar-refractivity contribution in [1.82, 2.24) is 0 Å². The SMILES string of the molecule is Nc1csc2cc(CO)c(F)cc12. The van der Waals surface area contributed by atoms with Gasteiger partial charge >= 0.3 is 0 Å². The second-order valence-electron chi connectivity index (χ2n) is 2.79. The minimum Gasteiger partial charge on any atom is -0.398 e. The molecule has 0 aliphatic heterocycles. The molecule has 2 rings (SSSR count). The molecule has 0 atom stereocenters. The zero-order chi connectivity index (χ0) is 9.42. The third-order valence-corrected chi connectivity index (χ3v) is 2.91. The highest BCUT2D eigenvalue weighted by atomic mass is 32.1. The zero-order valence-electron chi connectivity index (χ0n) is 6.75. The topological polar surface area (TPSA) is 46.2 Å². The van der Waals surface area contributed by atoms with E-state index < -0.39 is 5.82 Å². The van der Waals surface area contributed by atoms with Gasteiger partial charge in [0.15, 0.2) is 0 Å². The normalized spacial score (nSPS) is 10.9. The summed E-state index contributed by atoms with van der Waals surface area (Å²) in [5.74, 6) is -0.403. The minimum atomic E-state index is -0.403. The molecule has 1 aromatic carbocycles. The van der Waals surface area contributed by atoms with Crippen LogP contribution < -0.4 is 5.73 Å². The van der Waals surface area contributed by atoms with Crippen LogP contribution in [0.4, 0.5) is 10.1 Å². The van der Waals surface area contributed by atoms with Crippen LogP contribution in [0, 0.1) is 5.82 Å². The summed E-state index contributed by atoms with van der Waals surface area (Å²) in [5, 5.41) is 11.3. The molecule has 2 nitrogen and oxygen atoms in total. The van der Waals surface area contributed by atoms with E-state index in [2.05, 4.69) is 0 Å². The Kier molecular flexibility index (Phi) is 1.94. The molecular weight excluding hydrogens is 189 g/mol. The van der Waals surface area contributed by atoms with Crippen molar-refractivity contribution < 1.29 is 9.50 Å². The van der Waals surface area contributed by atoms with E-state index in [9.17, 15) is 4.39 Å². The van der Waals surface area contributed by atoms with Crippen LogP contribution in [0.15, 0.2) is 17.5 Å². The fraction of sp³-hybridized carbons (Fsp3) is 0.111. The molecule has 0 saturated heterocycles. The molecule has 0 saturated carbocycles. The fourth-order valence-electron chi connectivity index (χ4n) is 1.23. The van der Waals surface area contributed by atoms with E-state index in [-0.39, 0.29) is 6.61 Å². The van der Waals surface area contributed by atoms with Crippen LogP contribution in [0.3, 0.4) is 0 Å². The van der Waals surface area contributed by atoms with Crippen molar-refractivity contribution in [3.63, 3.8) is 0 Å². The van der Waals surface area contributed by atoms with Crippen molar-refractivity contribution >= 4 is 27.1 Å². The Balaban J connectivity index is 2.76. The van der Waals surface area contributed by atoms with Crippen molar-refractivity contribution in [3.05, 3.63) is 28.9 Å². The largest absolute Gasteiger partial charge is 0.398 e. The number of aliphatic hydroxyl groups excluding tert-OH is 1. The average molecular weight is 197 g/mol. The number of fused-ring (bicyclic) bond motifs is 1. The van der Waals surface area contributed by atoms with Gasteiger partial charge in [-0.3, -0.25) is 0 Å². The second kappa shape index (κ2) is 2.97. The maximum Gasteiger partial charge on any atom is 0.129 e. The first-order chi connectivity index (χ1) is 6.22. The standard InChI is InChI=1S/C9H8FNOS/c10-7-2-6-8(11)4-13-9(6)1-5(7)3-12/h1-2,4,12H,3,11H2. The summed E-state index contributed by atoms with van der Waals surface area (Å²) in [6.07, 6.45) is 0. The first-order valence-electron chi connectivity index (χ1n) is 3.78. The van der Waals surface area contributed by atoms with Gasteiger partial charge in [0.25, 0.3) is 0 Å². The van der Waals surface area contributed by atoms with E-state index in [1.54, 1.807) is 11.4 Å². The fourth-order valence-corrected chi connectivity index (χ4v) is 2.13. The highest BCUT2D eigenvalue weighted by molar-refractivity contribution is 7.17. The van der Waals surface area contributed by atoms with Gasteiger partial charge in [0.05, 0.1) is 12.3 Å². The van der Waals surface area contributed by atoms with E-state index in [0.717, 1.165) is 10.1 Å². The summed E-state index contributed by atoms with van der Waals surface area (Å²) in [7, 11) is 0. The summed E-state index contributed by atoms with van der Waals surface area (Å²) in [4.78, 5) is 0. The first kappa shape index (κ1) is 8.47. The van der Waals surface area contributed by atoms with Crippen molar-refractivity contribution in [2.45, 2.75) is 6.61 Å². The van der Waals surface area contributed by atoms with Crippen LogP contribution in [0.5, 0.6) is 0 Å². The van der Waals surface area contributed by atoms with Gasteiger partial charge in [-0.2, -0.15) is 0 Å². The zero-order valence-corrected chi connectivity index (χ0v) is 7.57. The number of nitrogen functional groups attached to an aromatic ring is 1. The van der Waals surface area contributed by atoms with Crippen LogP contribution >= 0.6 is 11.3 Å². The molecule has 1 heterocycles. The molecule has 68 valence electrons. The quantitative estimate of drug-likeness (QED) is 0.735. The number of anilines is 1. The third kappa shape index (κ3) is 1.28. The number of hydrogen-bond donors (Lipinski definition) is 2. The molecular formula is C9H8FNOS. The van der Waals surface area contributed by atoms with Crippen molar-refractivity contribution in [3.8, 4) is 0 Å². The summed E-state index contributed by atoms with van der Waals surface area (Å²) < 4.78 is 14.1. The summed E-state index contributed by atoms with van der Waals surface area (Å²) in [6.45, 7) is -0.278. The summed E-state index contributed by atoms with van der Waals surface area (Å²) >= 11 is 1.45. The van der Waals surface area contributed by atoms with Crippen LogP contribution in [0.1, 0.15) is 5.56 Å². The Morgan fingerprint density at radius 3 is 2.92 bits per heavy atom. The molecule has 13 heavy (non-hydrogen) atoms. The maximum absolute atomic E-state index is 13.2. The Hall–Kier alpha value is -1.13. The van der Waals surface area contributed by atoms with E-state index in [4.69, 9.17) is 10.8 Å². The molecule has 4 heteroatoms. The van der Waals surface area contributed by atoms with Gasteiger partial charge in [0, 0.05) is 21.0 Å². The lowest BCUT2D eigenvalue weighted by molar-refractivity contribution is 0.276. The lowest BCUT2D eigenvalue weighted by Gasteiger charge is -1.99. The van der Waals surface area contributed by atoms with Gasteiger partial charge in [0.1, 0.15) is 5.82 Å². The Morgan fingerprint density at radius 2 is 2.23 bits per heavy atom. The molecule has 1 aromatic heterocycles. The number of rotatable bonds is 1. The highest BCUT2D eigenvalue weighted by Gasteiger charge is 2.06. The number of hydrogen-bond acceptors (Lipinski definition) is 3. The van der Waals surface area contributed by atoms with E-state index in [1.807, 2.05) is 0 Å². The molecule has 0 radical (unpaired) electrons. The third-order valence-electron chi connectivity index (χ3n) is 1.94. The Morgan fingerprint density at radius 1 is 1.46 bits per heavy atom. The van der Waals surface area contributed by atoms with E-state index >= 15 is 0 Å². The van der Waals surface area contributed by atoms with Gasteiger partial charge < -0.3 is 10.8 Å². The first-order valence-corrected chi connectivity index (χ1v) is 4.66. The Bertz CT molecular complexity index is 452. The molecule has 0 unspecified atom stereocenters. The lowest BCUT2D eigenvalue weighted by Crippen LogP contribution is -1.89. The van der Waals surface area contributed by atoms with Crippen LogP contribution in [0.25, 0.3) is 10.1 Å². The monoisotopic (exact) mass is 197 g/mol. The summed E-state index contributed by atoms with van der Waals surface area (Å²) in [6, 6.07) is 3.00. The van der Waals surface area contributed by atoms with Gasteiger partial charge in [-0.05, 0) is 12.1 Å². The smallest absolute Gasteiger partial charge is 0.129 e. The summed E-state index contributed by atoms with van der Waals surface area (Å²) in [5.41, 5.74) is 6.52. The molecule has 2 aromatic rings. The predicted molar refractivity (Wildman–Crippen MR) is 52.1 cm³/mol. The number of benzene rings is 1.